The van der Waals surface area contributed by atoms with Crippen LogP contribution < -0.4 is 4.90 Å². The van der Waals surface area contributed by atoms with E-state index in [-0.39, 0.29) is 0 Å². The van der Waals surface area contributed by atoms with E-state index in [1.54, 1.807) is 0 Å². The molecule has 2 nitrogen and oxygen atoms in total. The van der Waals surface area contributed by atoms with E-state index in [9.17, 15) is 0 Å². The molecule has 2 aromatic heterocycles. The Balaban J connectivity index is 1.23. The summed E-state index contributed by atoms with van der Waals surface area (Å²) < 4.78 is 5.03. The van der Waals surface area contributed by atoms with E-state index < -0.39 is 0 Å². The number of rotatable bonds is 6. The SMILES string of the molecule is c1ccc(-c2cccc(-c3cccc4c3c3cc(N(c5ccccc5)c5ccc6sc7ccccc7c6c5)ccc3n4-c3ccccc3)c2)cc1. The Morgan fingerprint density at radius 1 is 0.373 bits per heavy atom. The van der Waals surface area contributed by atoms with Crippen LogP contribution >= 0.6 is 11.3 Å². The minimum absolute atomic E-state index is 1.12. The van der Waals surface area contributed by atoms with Crippen molar-refractivity contribution in [1.82, 2.24) is 4.57 Å². The van der Waals surface area contributed by atoms with Gasteiger partial charge < -0.3 is 9.47 Å². The largest absolute Gasteiger partial charge is 0.310 e. The lowest BCUT2D eigenvalue weighted by Gasteiger charge is -2.26. The molecule has 8 aromatic carbocycles. The van der Waals surface area contributed by atoms with Crippen molar-refractivity contribution in [2.75, 3.05) is 4.90 Å². The summed E-state index contributed by atoms with van der Waals surface area (Å²) >= 11 is 1.86. The highest BCUT2D eigenvalue weighted by Gasteiger charge is 2.20. The van der Waals surface area contributed by atoms with E-state index in [0.29, 0.717) is 0 Å². The third kappa shape index (κ3) is 5.01. The third-order valence-corrected chi connectivity index (χ3v) is 11.1. The van der Waals surface area contributed by atoms with Gasteiger partial charge >= 0.3 is 0 Å². The molecule has 0 bridgehead atoms. The minimum atomic E-state index is 1.12. The highest BCUT2D eigenvalue weighted by atomic mass is 32.1. The third-order valence-electron chi connectivity index (χ3n) is 9.96. The van der Waals surface area contributed by atoms with Gasteiger partial charge in [-0.2, -0.15) is 0 Å². The molecule has 240 valence electrons. The van der Waals surface area contributed by atoms with Crippen LogP contribution in [0.2, 0.25) is 0 Å². The Morgan fingerprint density at radius 2 is 1.00 bits per heavy atom. The molecule has 0 atom stereocenters. The van der Waals surface area contributed by atoms with Crippen LogP contribution in [0, 0.1) is 0 Å². The highest BCUT2D eigenvalue weighted by molar-refractivity contribution is 7.25. The van der Waals surface area contributed by atoms with Gasteiger partial charge in [-0.25, -0.2) is 0 Å². The van der Waals surface area contributed by atoms with Gasteiger partial charge in [-0.3, -0.25) is 0 Å². The Hall–Kier alpha value is -6.42. The molecule has 0 aliphatic heterocycles. The smallest absolute Gasteiger partial charge is 0.0547 e. The first-order valence-corrected chi connectivity index (χ1v) is 18.2. The molecule has 0 aliphatic rings. The summed E-state index contributed by atoms with van der Waals surface area (Å²) in [5, 5.41) is 5.05. The monoisotopic (exact) mass is 668 g/mol. The first-order chi connectivity index (χ1) is 25.3. The maximum absolute atomic E-state index is 2.41. The lowest BCUT2D eigenvalue weighted by Crippen LogP contribution is -2.09. The zero-order chi connectivity index (χ0) is 33.7. The van der Waals surface area contributed by atoms with E-state index >= 15 is 0 Å². The molecule has 0 saturated heterocycles. The van der Waals surface area contributed by atoms with Crippen LogP contribution in [0.1, 0.15) is 0 Å². The average molecular weight is 669 g/mol. The van der Waals surface area contributed by atoms with Gasteiger partial charge in [-0.15, -0.1) is 11.3 Å². The number of anilines is 3. The maximum Gasteiger partial charge on any atom is 0.0547 e. The molecule has 0 N–H and O–H groups in total. The normalized spacial score (nSPS) is 11.5. The van der Waals surface area contributed by atoms with Crippen LogP contribution in [0.3, 0.4) is 0 Å². The number of hydrogen-bond acceptors (Lipinski definition) is 2. The first-order valence-electron chi connectivity index (χ1n) is 17.4. The molecule has 0 amide bonds. The first kappa shape index (κ1) is 29.5. The second-order valence-electron chi connectivity index (χ2n) is 13.0. The fourth-order valence-electron chi connectivity index (χ4n) is 7.67. The predicted molar refractivity (Wildman–Crippen MR) is 219 cm³/mol. The highest BCUT2D eigenvalue weighted by Crippen LogP contribution is 2.44. The van der Waals surface area contributed by atoms with Crippen molar-refractivity contribution in [3.05, 3.63) is 194 Å². The van der Waals surface area contributed by atoms with Gasteiger partial charge in [0, 0.05) is 53.7 Å². The number of nitrogens with zero attached hydrogens (tertiary/aromatic N) is 2. The minimum Gasteiger partial charge on any atom is -0.310 e. The number of hydrogen-bond donors (Lipinski definition) is 0. The zero-order valence-corrected chi connectivity index (χ0v) is 28.6. The molecule has 0 radical (unpaired) electrons. The van der Waals surface area contributed by atoms with Crippen LogP contribution in [0.25, 0.3) is 69.9 Å². The summed E-state index contributed by atoms with van der Waals surface area (Å²) in [6.07, 6.45) is 0. The van der Waals surface area contributed by atoms with E-state index in [1.165, 1.54) is 64.2 Å². The summed E-state index contributed by atoms with van der Waals surface area (Å²) in [4.78, 5) is 2.40. The standard InChI is InChI=1S/C48H32N2S/c1-4-14-33(15-5-1)34-16-12-17-35(30-34)40-23-13-24-45-48(40)43-32-38(26-28-44(43)50(45)37-20-8-3-9-21-37)49(36-18-6-2-7-19-36)39-27-29-47-42(31-39)41-22-10-11-25-46(41)51-47/h1-32H. The van der Waals surface area contributed by atoms with Crippen molar-refractivity contribution in [1.29, 1.82) is 0 Å². The molecule has 51 heavy (non-hydrogen) atoms. The van der Waals surface area contributed by atoms with E-state index in [1.807, 2.05) is 11.3 Å². The van der Waals surface area contributed by atoms with Gasteiger partial charge in [0.25, 0.3) is 0 Å². The fraction of sp³-hybridized carbons (Fsp3) is 0. The van der Waals surface area contributed by atoms with E-state index in [4.69, 9.17) is 0 Å². The molecule has 0 aliphatic carbocycles. The molecule has 3 heteroatoms. The number of aromatic nitrogens is 1. The summed E-state index contributed by atoms with van der Waals surface area (Å²) in [7, 11) is 0. The molecular weight excluding hydrogens is 637 g/mol. The topological polar surface area (TPSA) is 8.17 Å². The van der Waals surface area contributed by atoms with Crippen LogP contribution in [0.15, 0.2) is 194 Å². The Morgan fingerprint density at radius 3 is 1.82 bits per heavy atom. The number of benzene rings is 8. The Kier molecular flexibility index (Phi) is 7.04. The predicted octanol–water partition coefficient (Wildman–Crippen LogP) is 14.0. The zero-order valence-electron chi connectivity index (χ0n) is 27.8. The molecule has 0 saturated carbocycles. The van der Waals surface area contributed by atoms with Crippen molar-refractivity contribution in [3.8, 4) is 27.9 Å². The van der Waals surface area contributed by atoms with Crippen molar-refractivity contribution in [2.45, 2.75) is 0 Å². The molecule has 0 spiro atoms. The van der Waals surface area contributed by atoms with Crippen LogP contribution in [0.4, 0.5) is 17.1 Å². The van der Waals surface area contributed by atoms with Crippen LogP contribution in [-0.2, 0) is 0 Å². The van der Waals surface area contributed by atoms with Crippen molar-refractivity contribution in [3.63, 3.8) is 0 Å². The number of para-hydroxylation sites is 2. The maximum atomic E-state index is 2.41. The summed E-state index contributed by atoms with van der Waals surface area (Å²) in [5.41, 5.74) is 11.7. The molecule has 10 aromatic rings. The molecule has 0 fully saturated rings. The lowest BCUT2D eigenvalue weighted by molar-refractivity contribution is 1.18. The average Bonchev–Trinajstić information content (AvgIpc) is 3.74. The molecule has 10 rings (SSSR count). The quantitative estimate of drug-likeness (QED) is 0.171. The van der Waals surface area contributed by atoms with E-state index in [0.717, 1.165) is 22.7 Å². The second kappa shape index (κ2) is 12.2. The van der Waals surface area contributed by atoms with Gasteiger partial charge in [-0.1, -0.05) is 115 Å². The summed E-state index contributed by atoms with van der Waals surface area (Å²) in [6, 6.07) is 70.4. The van der Waals surface area contributed by atoms with Gasteiger partial charge in [0.2, 0.25) is 0 Å². The second-order valence-corrected chi connectivity index (χ2v) is 14.1. The van der Waals surface area contributed by atoms with Gasteiger partial charge in [-0.05, 0) is 101 Å². The van der Waals surface area contributed by atoms with Crippen LogP contribution in [0.5, 0.6) is 0 Å². The molecule has 0 unspecified atom stereocenters. The van der Waals surface area contributed by atoms with Crippen molar-refractivity contribution >= 4 is 70.4 Å². The van der Waals surface area contributed by atoms with Crippen molar-refractivity contribution < 1.29 is 0 Å². The van der Waals surface area contributed by atoms with Crippen LogP contribution in [-0.4, -0.2) is 4.57 Å². The fourth-order valence-corrected chi connectivity index (χ4v) is 8.75. The van der Waals surface area contributed by atoms with E-state index in [2.05, 4.69) is 204 Å². The lowest BCUT2D eigenvalue weighted by atomic mass is 9.96. The summed E-state index contributed by atoms with van der Waals surface area (Å²) in [5.74, 6) is 0. The number of thiophene rings is 1. The number of fused-ring (bicyclic) bond motifs is 6. The molecular formula is C48H32N2S. The van der Waals surface area contributed by atoms with Gasteiger partial charge in [0.15, 0.2) is 0 Å². The van der Waals surface area contributed by atoms with Gasteiger partial charge in [0.05, 0.1) is 11.0 Å². The summed E-state index contributed by atoms with van der Waals surface area (Å²) in [6.45, 7) is 0. The Bertz CT molecular complexity index is 2850. The Labute approximate surface area is 300 Å². The van der Waals surface area contributed by atoms with Gasteiger partial charge in [0.1, 0.15) is 0 Å². The van der Waals surface area contributed by atoms with Crippen molar-refractivity contribution in [2.24, 2.45) is 0 Å². The molecule has 2 heterocycles.